The van der Waals surface area contributed by atoms with Gasteiger partial charge in [-0.05, 0) is 32.0 Å². The third-order valence-corrected chi connectivity index (χ3v) is 4.82. The Kier molecular flexibility index (Phi) is 5.48. The minimum atomic E-state index is -0.324. The van der Waals surface area contributed by atoms with Crippen molar-refractivity contribution in [2.75, 3.05) is 17.7 Å². The number of thioether (sulfide) groups is 1. The number of halogens is 1. The first-order valence-corrected chi connectivity index (χ1v) is 9.19. The zero-order valence-corrected chi connectivity index (χ0v) is 15.0. The highest BCUT2D eigenvalue weighted by Gasteiger charge is 2.22. The summed E-state index contributed by atoms with van der Waals surface area (Å²) in [6.07, 6.45) is 0.944. The van der Waals surface area contributed by atoms with Crippen LogP contribution in [0.5, 0.6) is 11.5 Å². The average Bonchev–Trinajstić information content (AvgIpc) is 2.93. The van der Waals surface area contributed by atoms with Gasteiger partial charge >= 0.3 is 0 Å². The minimum absolute atomic E-state index is 0.112. The van der Waals surface area contributed by atoms with Crippen molar-refractivity contribution in [2.24, 2.45) is 0 Å². The highest BCUT2D eigenvalue weighted by Crippen LogP contribution is 2.38. The van der Waals surface area contributed by atoms with Crippen LogP contribution in [0.4, 0.5) is 10.1 Å². The second-order valence-corrected chi connectivity index (χ2v) is 6.81. The van der Waals surface area contributed by atoms with E-state index in [1.54, 1.807) is 24.3 Å². The van der Waals surface area contributed by atoms with Gasteiger partial charge in [0.15, 0.2) is 0 Å². The molecule has 0 spiro atoms. The molecule has 0 aliphatic carbocycles. The molecular formula is C19H20FNO3S. The molecule has 2 aromatic carbocycles. The number of ether oxygens (including phenoxy) is 2. The molecule has 6 heteroatoms. The van der Waals surface area contributed by atoms with E-state index in [9.17, 15) is 9.18 Å². The highest BCUT2D eigenvalue weighted by atomic mass is 32.2. The normalized spacial score (nSPS) is 15.4. The highest BCUT2D eigenvalue weighted by molar-refractivity contribution is 8.00. The van der Waals surface area contributed by atoms with Gasteiger partial charge in [0, 0.05) is 22.9 Å². The molecule has 0 aromatic heterocycles. The molecule has 0 radical (unpaired) electrons. The summed E-state index contributed by atoms with van der Waals surface area (Å²) in [5, 5.41) is 2.84. The van der Waals surface area contributed by atoms with E-state index in [4.69, 9.17) is 9.47 Å². The maximum absolute atomic E-state index is 13.6. The van der Waals surface area contributed by atoms with Crippen LogP contribution in [0.15, 0.2) is 41.3 Å². The Morgan fingerprint density at radius 3 is 2.96 bits per heavy atom. The van der Waals surface area contributed by atoms with Crippen LogP contribution >= 0.6 is 11.8 Å². The third-order valence-electron chi connectivity index (χ3n) is 3.77. The lowest BCUT2D eigenvalue weighted by molar-refractivity contribution is -0.113. The first kappa shape index (κ1) is 17.6. The van der Waals surface area contributed by atoms with E-state index in [2.05, 4.69) is 5.32 Å². The van der Waals surface area contributed by atoms with Gasteiger partial charge in [-0.15, -0.1) is 11.8 Å². The van der Waals surface area contributed by atoms with Crippen LogP contribution in [-0.2, 0) is 11.2 Å². The van der Waals surface area contributed by atoms with Crippen molar-refractivity contribution in [3.8, 4) is 11.5 Å². The summed E-state index contributed by atoms with van der Waals surface area (Å²) in [5.74, 6) is 0.965. The summed E-state index contributed by atoms with van der Waals surface area (Å²) in [7, 11) is 0. The second-order valence-electron chi connectivity index (χ2n) is 5.79. The molecule has 1 aliphatic heterocycles. The Labute approximate surface area is 150 Å². The summed E-state index contributed by atoms with van der Waals surface area (Å²) in [6.45, 7) is 4.40. The van der Waals surface area contributed by atoms with Crippen LogP contribution < -0.4 is 14.8 Å². The molecule has 0 fully saturated rings. The monoisotopic (exact) mass is 361 g/mol. The Morgan fingerprint density at radius 2 is 2.20 bits per heavy atom. The van der Waals surface area contributed by atoms with Gasteiger partial charge in [-0.2, -0.15) is 0 Å². The number of nitrogens with one attached hydrogen (secondary N) is 1. The van der Waals surface area contributed by atoms with Gasteiger partial charge in [0.2, 0.25) is 5.91 Å². The molecule has 1 amide bonds. The number of hydrogen-bond acceptors (Lipinski definition) is 4. The Bertz CT molecular complexity index is 781. The summed E-state index contributed by atoms with van der Waals surface area (Å²) < 4.78 is 25.0. The zero-order chi connectivity index (χ0) is 17.8. The van der Waals surface area contributed by atoms with E-state index in [1.807, 2.05) is 19.9 Å². The third kappa shape index (κ3) is 4.25. The van der Waals surface area contributed by atoms with Crippen molar-refractivity contribution in [3.05, 3.63) is 47.8 Å². The lowest BCUT2D eigenvalue weighted by Gasteiger charge is -2.13. The second kappa shape index (κ2) is 7.78. The van der Waals surface area contributed by atoms with Crippen LogP contribution in [0.25, 0.3) is 0 Å². The number of rotatable bonds is 6. The standard InChI is InChI=1S/C19H20FNO3S/c1-3-23-17-9-13-8-12(2)24-16(13)10-15(17)21-19(22)11-25-18-7-5-4-6-14(18)20/h4-7,9-10,12H,3,8,11H2,1-2H3,(H,21,22). The number of carbonyl (C=O) groups is 1. The molecule has 4 nitrogen and oxygen atoms in total. The number of benzene rings is 2. The van der Waals surface area contributed by atoms with E-state index in [0.717, 1.165) is 29.5 Å². The first-order valence-electron chi connectivity index (χ1n) is 8.20. The van der Waals surface area contributed by atoms with Gasteiger partial charge in [0.1, 0.15) is 23.4 Å². The fourth-order valence-corrected chi connectivity index (χ4v) is 3.44. The van der Waals surface area contributed by atoms with Crippen LogP contribution in [-0.4, -0.2) is 24.4 Å². The largest absolute Gasteiger partial charge is 0.492 e. The summed E-state index contributed by atoms with van der Waals surface area (Å²) in [5.41, 5.74) is 1.66. The fraction of sp³-hybridized carbons (Fsp3) is 0.316. The SMILES string of the molecule is CCOc1cc2c(cc1NC(=O)CSc1ccccc1F)OC(C)C2. The first-order chi connectivity index (χ1) is 12.1. The lowest BCUT2D eigenvalue weighted by Crippen LogP contribution is -2.15. The van der Waals surface area contributed by atoms with Gasteiger partial charge in [0.25, 0.3) is 0 Å². The van der Waals surface area contributed by atoms with Crippen LogP contribution in [0.2, 0.25) is 0 Å². The van der Waals surface area contributed by atoms with Crippen molar-refractivity contribution >= 4 is 23.4 Å². The molecule has 0 saturated carbocycles. The number of hydrogen-bond donors (Lipinski definition) is 1. The molecule has 25 heavy (non-hydrogen) atoms. The quantitative estimate of drug-likeness (QED) is 0.780. The van der Waals surface area contributed by atoms with E-state index in [1.165, 1.54) is 6.07 Å². The van der Waals surface area contributed by atoms with E-state index in [-0.39, 0.29) is 23.6 Å². The molecule has 1 aliphatic rings. The smallest absolute Gasteiger partial charge is 0.234 e. The summed E-state index contributed by atoms with van der Waals surface area (Å²) in [4.78, 5) is 12.7. The van der Waals surface area contributed by atoms with Crippen molar-refractivity contribution < 1.29 is 18.7 Å². The topological polar surface area (TPSA) is 47.6 Å². The van der Waals surface area contributed by atoms with Crippen LogP contribution in [0.3, 0.4) is 0 Å². The number of anilines is 1. The van der Waals surface area contributed by atoms with Crippen LogP contribution in [0, 0.1) is 5.82 Å². The molecule has 1 unspecified atom stereocenters. The molecule has 1 atom stereocenters. The average molecular weight is 361 g/mol. The molecule has 0 bridgehead atoms. The van der Waals surface area contributed by atoms with Crippen molar-refractivity contribution in [1.82, 2.24) is 0 Å². The minimum Gasteiger partial charge on any atom is -0.492 e. The maximum Gasteiger partial charge on any atom is 0.234 e. The predicted molar refractivity (Wildman–Crippen MR) is 97.2 cm³/mol. The number of amides is 1. The molecule has 132 valence electrons. The van der Waals surface area contributed by atoms with E-state index >= 15 is 0 Å². The van der Waals surface area contributed by atoms with E-state index < -0.39 is 0 Å². The Hall–Kier alpha value is -2.21. The Balaban J connectivity index is 1.70. The number of fused-ring (bicyclic) bond motifs is 1. The zero-order valence-electron chi connectivity index (χ0n) is 14.2. The van der Waals surface area contributed by atoms with Crippen molar-refractivity contribution in [2.45, 2.75) is 31.3 Å². The van der Waals surface area contributed by atoms with Gasteiger partial charge in [-0.25, -0.2) is 4.39 Å². The predicted octanol–water partition coefficient (Wildman–Crippen LogP) is 4.28. The molecule has 2 aromatic rings. The summed E-state index contributed by atoms with van der Waals surface area (Å²) >= 11 is 1.16. The van der Waals surface area contributed by atoms with Crippen molar-refractivity contribution in [1.29, 1.82) is 0 Å². The lowest BCUT2D eigenvalue weighted by atomic mass is 10.1. The molecule has 3 rings (SSSR count). The molecular weight excluding hydrogens is 341 g/mol. The Morgan fingerprint density at radius 1 is 1.40 bits per heavy atom. The van der Waals surface area contributed by atoms with E-state index in [0.29, 0.717) is 22.9 Å². The molecule has 0 saturated heterocycles. The fourth-order valence-electron chi connectivity index (χ4n) is 2.70. The number of carbonyl (C=O) groups excluding carboxylic acids is 1. The van der Waals surface area contributed by atoms with Gasteiger partial charge in [-0.1, -0.05) is 12.1 Å². The van der Waals surface area contributed by atoms with Gasteiger partial charge in [-0.3, -0.25) is 4.79 Å². The van der Waals surface area contributed by atoms with Crippen molar-refractivity contribution in [3.63, 3.8) is 0 Å². The maximum atomic E-state index is 13.6. The summed E-state index contributed by atoms with van der Waals surface area (Å²) in [6, 6.07) is 10.1. The molecule has 1 N–H and O–H groups in total. The van der Waals surface area contributed by atoms with Crippen LogP contribution in [0.1, 0.15) is 19.4 Å². The van der Waals surface area contributed by atoms with Gasteiger partial charge in [0.05, 0.1) is 18.0 Å². The molecule has 1 heterocycles. The van der Waals surface area contributed by atoms with Gasteiger partial charge < -0.3 is 14.8 Å².